The van der Waals surface area contributed by atoms with Gasteiger partial charge in [0.05, 0.1) is 11.0 Å². The lowest BCUT2D eigenvalue weighted by atomic mass is 9.94. The highest BCUT2D eigenvalue weighted by Crippen LogP contribution is 2.45. The van der Waals surface area contributed by atoms with Crippen LogP contribution in [-0.2, 0) is 0 Å². The Hall–Kier alpha value is -8.19. The normalized spacial score (nSPS) is 12.5. The van der Waals surface area contributed by atoms with Crippen molar-refractivity contribution < 1.29 is 4.42 Å². The molecule has 0 unspecified atom stereocenters. The van der Waals surface area contributed by atoms with E-state index in [0.717, 1.165) is 71.4 Å². The number of hydrogen-bond acceptors (Lipinski definition) is 5. The number of benzene rings is 8. The lowest BCUT2D eigenvalue weighted by Crippen LogP contribution is -2.24. The van der Waals surface area contributed by atoms with Crippen molar-refractivity contribution >= 4 is 75.9 Å². The van der Waals surface area contributed by atoms with Crippen LogP contribution in [0.4, 0.5) is 0 Å². The second-order valence-electron chi connectivity index (χ2n) is 15.9. The molecule has 0 radical (unpaired) electrons. The average molecular weight is 839 g/mol. The average Bonchev–Trinajstić information content (AvgIpc) is 4.04. The van der Waals surface area contributed by atoms with Gasteiger partial charge in [0.2, 0.25) is 0 Å². The molecule has 0 saturated carbocycles. The van der Waals surface area contributed by atoms with Crippen LogP contribution in [0.2, 0.25) is 0 Å². The molecule has 0 N–H and O–H groups in total. The predicted octanol–water partition coefficient (Wildman–Crippen LogP) is 13.9. The van der Waals surface area contributed by atoms with Gasteiger partial charge in [-0.05, 0) is 89.9 Å². The number of rotatable bonds is 7. The fraction of sp³-hybridized carbons (Fsp3) is 0.0172. The molecule has 8 aromatic carbocycles. The number of allylic oxidation sites excluding steroid dienone is 1. The van der Waals surface area contributed by atoms with Gasteiger partial charge in [0.25, 0.3) is 0 Å². The Labute approximate surface area is 372 Å². The van der Waals surface area contributed by atoms with E-state index in [1.165, 1.54) is 36.9 Å². The first-order valence-electron chi connectivity index (χ1n) is 21.4. The van der Waals surface area contributed by atoms with Gasteiger partial charge in [-0.2, -0.15) is 0 Å². The third-order valence-electron chi connectivity index (χ3n) is 12.2. The maximum Gasteiger partial charge on any atom is 0.164 e. The van der Waals surface area contributed by atoms with Gasteiger partial charge in [0, 0.05) is 63.9 Å². The van der Waals surface area contributed by atoms with Crippen molar-refractivity contribution in [2.45, 2.75) is 6.92 Å². The van der Waals surface area contributed by atoms with Crippen LogP contribution in [0.1, 0.15) is 12.7 Å². The smallest absolute Gasteiger partial charge is 0.164 e. The quantitative estimate of drug-likeness (QED) is 0.160. The van der Waals surface area contributed by atoms with E-state index in [1.807, 2.05) is 66.8 Å². The molecule has 0 atom stereocenters. The zero-order valence-electron chi connectivity index (χ0n) is 34.9. The molecule has 0 spiro atoms. The van der Waals surface area contributed by atoms with Crippen molar-refractivity contribution in [1.82, 2.24) is 19.5 Å². The number of aromatic nitrogens is 4. The first kappa shape index (κ1) is 37.6. The second-order valence-corrected chi connectivity index (χ2v) is 16.9. The molecule has 0 fully saturated rings. The van der Waals surface area contributed by atoms with Gasteiger partial charge < -0.3 is 8.98 Å². The number of thiophene rings is 1. The van der Waals surface area contributed by atoms with Crippen LogP contribution < -0.4 is 10.6 Å². The highest BCUT2D eigenvalue weighted by atomic mass is 32.1. The van der Waals surface area contributed by atoms with E-state index < -0.39 is 0 Å². The second kappa shape index (κ2) is 15.3. The molecule has 6 heteroatoms. The van der Waals surface area contributed by atoms with Gasteiger partial charge in [-0.3, -0.25) is 0 Å². The summed E-state index contributed by atoms with van der Waals surface area (Å²) in [6.07, 6.45) is 3.86. The Kier molecular flexibility index (Phi) is 8.99. The van der Waals surface area contributed by atoms with Crippen LogP contribution in [0, 0.1) is 0 Å². The van der Waals surface area contributed by atoms with E-state index in [9.17, 15) is 0 Å². The van der Waals surface area contributed by atoms with Crippen molar-refractivity contribution in [3.8, 4) is 50.7 Å². The molecule has 4 heterocycles. The van der Waals surface area contributed by atoms with E-state index in [1.54, 1.807) is 0 Å². The Bertz CT molecular complexity index is 3920. The summed E-state index contributed by atoms with van der Waals surface area (Å²) >= 11 is 1.85. The molecule has 0 aliphatic carbocycles. The zero-order valence-corrected chi connectivity index (χ0v) is 35.7. The van der Waals surface area contributed by atoms with Crippen LogP contribution >= 0.6 is 11.3 Å². The molecule has 12 rings (SSSR count). The maximum absolute atomic E-state index is 6.63. The molecule has 0 bridgehead atoms. The van der Waals surface area contributed by atoms with Crippen molar-refractivity contribution in [2.24, 2.45) is 0 Å². The third-order valence-corrected chi connectivity index (χ3v) is 13.4. The molecule has 302 valence electrons. The van der Waals surface area contributed by atoms with E-state index in [2.05, 4.69) is 163 Å². The zero-order chi connectivity index (χ0) is 42.7. The molecule has 0 saturated heterocycles. The van der Waals surface area contributed by atoms with E-state index in [-0.39, 0.29) is 0 Å². The summed E-state index contributed by atoms with van der Waals surface area (Å²) in [4.78, 5) is 15.6. The molecule has 0 aliphatic rings. The van der Waals surface area contributed by atoms with Crippen molar-refractivity contribution in [1.29, 1.82) is 0 Å². The van der Waals surface area contributed by atoms with Gasteiger partial charge >= 0.3 is 0 Å². The number of para-hydroxylation sites is 2. The molecule has 0 aliphatic heterocycles. The minimum atomic E-state index is 0.514. The minimum absolute atomic E-state index is 0.514. The summed E-state index contributed by atoms with van der Waals surface area (Å²) in [5, 5.41) is 6.62. The van der Waals surface area contributed by atoms with E-state index >= 15 is 0 Å². The highest BCUT2D eigenvalue weighted by Gasteiger charge is 2.20. The first-order valence-corrected chi connectivity index (χ1v) is 22.2. The molecule has 64 heavy (non-hydrogen) atoms. The monoisotopic (exact) mass is 838 g/mol. The summed E-state index contributed by atoms with van der Waals surface area (Å²) in [7, 11) is 0. The molecule has 12 aromatic rings. The third kappa shape index (κ3) is 6.10. The SMILES string of the molecule is C=C/C(c1nc(-c2ccccc2)nc(-c2ccc3c(c2)c2ccccc2n3-c2ccccc2)n1)=c1\c(=C/C)oc2ccc(-c3ccc(-c4ccccc4)c4sc5ccccc5c34)cc12. The molecular weight excluding hydrogens is 801 g/mol. The Morgan fingerprint density at radius 3 is 1.94 bits per heavy atom. The summed E-state index contributed by atoms with van der Waals surface area (Å²) in [6.45, 7) is 6.38. The van der Waals surface area contributed by atoms with Crippen LogP contribution in [-0.4, -0.2) is 19.5 Å². The molecular formula is C58H38N4OS. The van der Waals surface area contributed by atoms with Gasteiger partial charge in [0.15, 0.2) is 17.5 Å². The Morgan fingerprint density at radius 2 is 1.17 bits per heavy atom. The Balaban J connectivity index is 1.09. The fourth-order valence-corrected chi connectivity index (χ4v) is 10.6. The lowest BCUT2D eigenvalue weighted by molar-refractivity contribution is 0.574. The summed E-state index contributed by atoms with van der Waals surface area (Å²) in [6, 6.07) is 66.1. The Morgan fingerprint density at radius 1 is 0.547 bits per heavy atom. The predicted molar refractivity (Wildman–Crippen MR) is 267 cm³/mol. The highest BCUT2D eigenvalue weighted by molar-refractivity contribution is 7.26. The van der Waals surface area contributed by atoms with Gasteiger partial charge in [0.1, 0.15) is 11.0 Å². The number of hydrogen-bond donors (Lipinski definition) is 0. The van der Waals surface area contributed by atoms with Crippen molar-refractivity contribution in [3.63, 3.8) is 0 Å². The summed E-state index contributed by atoms with van der Waals surface area (Å²) < 4.78 is 11.5. The maximum atomic E-state index is 6.63. The largest absolute Gasteiger partial charge is 0.456 e. The van der Waals surface area contributed by atoms with E-state index in [0.29, 0.717) is 17.5 Å². The summed E-state index contributed by atoms with van der Waals surface area (Å²) in [5.74, 6) is 1.66. The number of nitrogens with zero attached hydrogens (tertiary/aromatic N) is 4. The first-order chi connectivity index (χ1) is 31.6. The van der Waals surface area contributed by atoms with Crippen molar-refractivity contribution in [2.75, 3.05) is 0 Å². The van der Waals surface area contributed by atoms with Crippen molar-refractivity contribution in [3.05, 3.63) is 217 Å². The van der Waals surface area contributed by atoms with Gasteiger partial charge in [-0.25, -0.2) is 15.0 Å². The topological polar surface area (TPSA) is 56.7 Å². The molecule has 4 aromatic heterocycles. The van der Waals surface area contributed by atoms with Crippen LogP contribution in [0.5, 0.6) is 0 Å². The van der Waals surface area contributed by atoms with E-state index in [4.69, 9.17) is 19.4 Å². The van der Waals surface area contributed by atoms with Crippen LogP contribution in [0.3, 0.4) is 0 Å². The van der Waals surface area contributed by atoms with Crippen LogP contribution in [0.15, 0.2) is 205 Å². The lowest BCUT2D eigenvalue weighted by Gasteiger charge is -2.10. The van der Waals surface area contributed by atoms with Gasteiger partial charge in [-0.15, -0.1) is 11.3 Å². The fourth-order valence-electron chi connectivity index (χ4n) is 9.29. The molecule has 0 amide bonds. The minimum Gasteiger partial charge on any atom is -0.456 e. The molecule has 5 nitrogen and oxygen atoms in total. The standard InChI is InChI=1S/C58H38N4OS/c1-3-41(53-47-34-38(29-33-51(47)63-50(53)4-2)42-30-31-43(36-18-8-5-9-19-36)55-54(42)45-25-15-17-27-52(45)64-55)58-60-56(37-20-10-6-11-21-37)59-57(61-58)39-28-32-49-46(35-39)44-24-14-16-26-48(44)62(49)40-22-12-7-13-23-40/h3-35H,1H2,2H3/b50-4+,53-41+. The van der Waals surface area contributed by atoms with Crippen LogP contribution in [0.25, 0.3) is 115 Å². The summed E-state index contributed by atoms with van der Waals surface area (Å²) in [5.41, 5.74) is 12.1. The number of furan rings is 1. The number of fused-ring (bicyclic) bond motifs is 7. The van der Waals surface area contributed by atoms with Gasteiger partial charge in [-0.1, -0.05) is 146 Å².